The van der Waals surface area contributed by atoms with Gasteiger partial charge in [-0.25, -0.2) is 23.1 Å². The molecular formula is C17H23N5O3S. The van der Waals surface area contributed by atoms with E-state index in [0.29, 0.717) is 12.1 Å². The summed E-state index contributed by atoms with van der Waals surface area (Å²) in [6.07, 6.45) is 5.77. The molecule has 0 aromatic carbocycles. The quantitative estimate of drug-likeness (QED) is 0.865. The number of sulfone groups is 1. The second-order valence-electron chi connectivity index (χ2n) is 7.15. The van der Waals surface area contributed by atoms with Crippen LogP contribution in [-0.4, -0.2) is 52.8 Å². The summed E-state index contributed by atoms with van der Waals surface area (Å²) in [5, 5.41) is 3.06. The highest BCUT2D eigenvalue weighted by Gasteiger charge is 2.30. The maximum atomic E-state index is 12.3. The lowest BCUT2D eigenvalue weighted by molar-refractivity contribution is 0.487. The lowest BCUT2D eigenvalue weighted by Crippen LogP contribution is -2.31. The van der Waals surface area contributed by atoms with Gasteiger partial charge in [-0.15, -0.1) is 0 Å². The molecule has 2 aliphatic heterocycles. The van der Waals surface area contributed by atoms with E-state index in [9.17, 15) is 13.2 Å². The molecule has 1 N–H and O–H groups in total. The molecule has 0 bridgehead atoms. The molecule has 1 atom stereocenters. The minimum Gasteiger partial charge on any atom is -0.341 e. The highest BCUT2D eigenvalue weighted by molar-refractivity contribution is 7.91. The van der Waals surface area contributed by atoms with Gasteiger partial charge < -0.3 is 4.90 Å². The Hall–Kier alpha value is -2.16. The van der Waals surface area contributed by atoms with E-state index in [0.717, 1.165) is 43.1 Å². The monoisotopic (exact) mass is 377 g/mol. The van der Waals surface area contributed by atoms with Gasteiger partial charge in [0.25, 0.3) is 5.56 Å². The van der Waals surface area contributed by atoms with Crippen LogP contribution in [0.3, 0.4) is 0 Å². The zero-order chi connectivity index (χ0) is 18.3. The standard InChI is InChI=1S/C17H23N5O3S/c1-12-14(10-18-17(19-12)21-6-3-2-4-7-21)15-9-16(23)22(20-15)13-5-8-26(24,25)11-13/h9-10,13,20H,2-8,11H2,1H3. The van der Waals surface area contributed by atoms with Crippen LogP contribution in [0.25, 0.3) is 11.3 Å². The van der Waals surface area contributed by atoms with Gasteiger partial charge in [0.15, 0.2) is 9.84 Å². The first-order valence-corrected chi connectivity index (χ1v) is 10.9. The van der Waals surface area contributed by atoms with Crippen LogP contribution in [0.15, 0.2) is 17.1 Å². The van der Waals surface area contributed by atoms with Crippen molar-refractivity contribution in [3.63, 3.8) is 0 Å². The van der Waals surface area contributed by atoms with E-state index in [2.05, 4.69) is 20.0 Å². The molecule has 0 amide bonds. The molecule has 0 saturated carbocycles. The fraction of sp³-hybridized carbons (Fsp3) is 0.588. The van der Waals surface area contributed by atoms with Crippen molar-refractivity contribution in [2.24, 2.45) is 0 Å². The van der Waals surface area contributed by atoms with Crippen molar-refractivity contribution in [2.45, 2.75) is 38.6 Å². The third kappa shape index (κ3) is 3.27. The Kier molecular flexibility index (Phi) is 4.34. The van der Waals surface area contributed by atoms with Crippen molar-refractivity contribution >= 4 is 15.8 Å². The van der Waals surface area contributed by atoms with Gasteiger partial charge in [-0.3, -0.25) is 9.89 Å². The fourth-order valence-corrected chi connectivity index (χ4v) is 5.46. The van der Waals surface area contributed by atoms with E-state index in [-0.39, 0.29) is 23.1 Å². The van der Waals surface area contributed by atoms with Gasteiger partial charge in [0.1, 0.15) is 0 Å². The second kappa shape index (κ2) is 6.53. The second-order valence-corrected chi connectivity index (χ2v) is 9.38. The number of aryl methyl sites for hydroxylation is 1. The van der Waals surface area contributed by atoms with Crippen molar-refractivity contribution < 1.29 is 8.42 Å². The highest BCUT2D eigenvalue weighted by atomic mass is 32.2. The zero-order valence-electron chi connectivity index (χ0n) is 14.8. The molecule has 26 heavy (non-hydrogen) atoms. The first kappa shape index (κ1) is 17.3. The number of anilines is 1. The third-order valence-electron chi connectivity index (χ3n) is 5.22. The van der Waals surface area contributed by atoms with Gasteiger partial charge in [-0.05, 0) is 32.6 Å². The van der Waals surface area contributed by atoms with E-state index < -0.39 is 9.84 Å². The summed E-state index contributed by atoms with van der Waals surface area (Å²) in [6, 6.07) is 1.17. The molecule has 2 aromatic heterocycles. The summed E-state index contributed by atoms with van der Waals surface area (Å²) in [4.78, 5) is 23.6. The van der Waals surface area contributed by atoms with Crippen molar-refractivity contribution in [3.05, 3.63) is 28.3 Å². The molecule has 9 heteroatoms. The summed E-state index contributed by atoms with van der Waals surface area (Å²) >= 11 is 0. The van der Waals surface area contributed by atoms with E-state index >= 15 is 0 Å². The normalized spacial score (nSPS) is 22.7. The highest BCUT2D eigenvalue weighted by Crippen LogP contribution is 2.25. The van der Waals surface area contributed by atoms with Crippen LogP contribution in [0.4, 0.5) is 5.95 Å². The molecule has 0 radical (unpaired) electrons. The van der Waals surface area contributed by atoms with E-state index in [4.69, 9.17) is 0 Å². The largest absolute Gasteiger partial charge is 0.341 e. The zero-order valence-corrected chi connectivity index (χ0v) is 15.6. The predicted octanol–water partition coefficient (Wildman–Crippen LogP) is 1.29. The SMILES string of the molecule is Cc1nc(N2CCCCC2)ncc1-c1cc(=O)n(C2CCS(=O)(=O)C2)[nH]1. The molecule has 0 spiro atoms. The van der Waals surface area contributed by atoms with Gasteiger partial charge >= 0.3 is 0 Å². The van der Waals surface area contributed by atoms with Crippen LogP contribution in [-0.2, 0) is 9.84 Å². The number of piperidine rings is 1. The number of rotatable bonds is 3. The first-order valence-electron chi connectivity index (χ1n) is 9.04. The Morgan fingerprint density at radius 3 is 2.65 bits per heavy atom. The van der Waals surface area contributed by atoms with E-state index in [1.54, 1.807) is 6.20 Å². The summed E-state index contributed by atoms with van der Waals surface area (Å²) in [5.41, 5.74) is 1.97. The Labute approximate surface area is 152 Å². The van der Waals surface area contributed by atoms with Crippen molar-refractivity contribution in [1.82, 2.24) is 19.7 Å². The molecule has 1 unspecified atom stereocenters. The van der Waals surface area contributed by atoms with Crippen LogP contribution in [0.2, 0.25) is 0 Å². The number of hydrogen-bond donors (Lipinski definition) is 1. The molecule has 0 aliphatic carbocycles. The first-order chi connectivity index (χ1) is 12.4. The summed E-state index contributed by atoms with van der Waals surface area (Å²) in [6.45, 7) is 3.85. The number of aromatic nitrogens is 4. The Morgan fingerprint density at radius 1 is 1.23 bits per heavy atom. The third-order valence-corrected chi connectivity index (χ3v) is 6.97. The van der Waals surface area contributed by atoms with Crippen molar-refractivity contribution in [2.75, 3.05) is 29.5 Å². The maximum absolute atomic E-state index is 12.3. The van der Waals surface area contributed by atoms with Crippen molar-refractivity contribution in [1.29, 1.82) is 0 Å². The van der Waals surface area contributed by atoms with E-state index in [1.807, 2.05) is 6.92 Å². The smallest absolute Gasteiger partial charge is 0.267 e. The number of aromatic amines is 1. The average molecular weight is 377 g/mol. The fourth-order valence-electron chi connectivity index (χ4n) is 3.76. The molecule has 2 fully saturated rings. The summed E-state index contributed by atoms with van der Waals surface area (Å²) in [7, 11) is -3.05. The topological polar surface area (TPSA) is 101 Å². The molecule has 4 rings (SSSR count). The van der Waals surface area contributed by atoms with Crippen LogP contribution in [0.1, 0.15) is 37.4 Å². The molecule has 2 aromatic rings. The number of nitrogens with one attached hydrogen (secondary N) is 1. The van der Waals surface area contributed by atoms with Crippen LogP contribution >= 0.6 is 0 Å². The summed E-state index contributed by atoms with van der Waals surface area (Å²) < 4.78 is 24.8. The maximum Gasteiger partial charge on any atom is 0.267 e. The molecule has 8 nitrogen and oxygen atoms in total. The van der Waals surface area contributed by atoms with Gasteiger partial charge in [0, 0.05) is 30.9 Å². The minimum absolute atomic E-state index is 0.0102. The number of H-pyrrole nitrogens is 1. The molecule has 140 valence electrons. The van der Waals surface area contributed by atoms with Crippen molar-refractivity contribution in [3.8, 4) is 11.3 Å². The van der Waals surface area contributed by atoms with Gasteiger partial charge in [0.2, 0.25) is 5.95 Å². The lowest BCUT2D eigenvalue weighted by Gasteiger charge is -2.26. The lowest BCUT2D eigenvalue weighted by atomic mass is 10.1. The number of hydrogen-bond acceptors (Lipinski definition) is 6. The van der Waals surface area contributed by atoms with Gasteiger partial charge in [-0.2, -0.15) is 0 Å². The minimum atomic E-state index is -3.05. The average Bonchev–Trinajstić information content (AvgIpc) is 3.17. The Balaban J connectivity index is 1.62. The molecule has 2 aliphatic rings. The Bertz CT molecular complexity index is 973. The molecule has 4 heterocycles. The molecular weight excluding hydrogens is 354 g/mol. The van der Waals surface area contributed by atoms with Crippen LogP contribution in [0, 0.1) is 6.92 Å². The van der Waals surface area contributed by atoms with Gasteiger partial charge in [0.05, 0.1) is 28.9 Å². The van der Waals surface area contributed by atoms with E-state index in [1.165, 1.54) is 17.2 Å². The van der Waals surface area contributed by atoms with Crippen LogP contribution in [0.5, 0.6) is 0 Å². The van der Waals surface area contributed by atoms with Crippen LogP contribution < -0.4 is 10.5 Å². The number of nitrogens with zero attached hydrogens (tertiary/aromatic N) is 4. The Morgan fingerprint density at radius 2 is 2.00 bits per heavy atom. The predicted molar refractivity (Wildman–Crippen MR) is 99.2 cm³/mol. The summed E-state index contributed by atoms with van der Waals surface area (Å²) in [5.74, 6) is 0.871. The molecule has 2 saturated heterocycles. The van der Waals surface area contributed by atoms with Gasteiger partial charge in [-0.1, -0.05) is 0 Å².